The second kappa shape index (κ2) is 8.78. The van der Waals surface area contributed by atoms with Crippen molar-refractivity contribution in [3.8, 4) is 11.5 Å². The Balaban J connectivity index is 1.75. The van der Waals surface area contributed by atoms with E-state index in [2.05, 4.69) is 5.32 Å². The molecule has 2 amide bonds. The third-order valence-corrected chi connectivity index (χ3v) is 5.00. The Morgan fingerprint density at radius 3 is 2.50 bits per heavy atom. The van der Waals surface area contributed by atoms with Crippen LogP contribution in [0.15, 0.2) is 42.5 Å². The van der Waals surface area contributed by atoms with Crippen LogP contribution in [-0.4, -0.2) is 37.5 Å². The van der Waals surface area contributed by atoms with E-state index in [1.54, 1.807) is 14.2 Å². The zero-order valence-electron chi connectivity index (χ0n) is 16.5. The van der Waals surface area contributed by atoms with E-state index in [0.717, 1.165) is 47.7 Å². The average Bonchev–Trinajstić information content (AvgIpc) is 3.18. The summed E-state index contributed by atoms with van der Waals surface area (Å²) in [7, 11) is 3.27. The summed E-state index contributed by atoms with van der Waals surface area (Å²) in [5.41, 5.74) is 2.62. The standard InChI is InChI=1S/C22H26N2O4/c1-15(25)23-17-8-6-16(7-9-17)13-22(26)24-12-4-5-20(24)19-14-18(27-2)10-11-21(19)28-3/h6-11,14,20H,4-5,12-13H2,1-3H3,(H,23,25). The average molecular weight is 382 g/mol. The SMILES string of the molecule is COc1ccc(OC)c(C2CCCN2C(=O)Cc2ccc(NC(C)=O)cc2)c1. The van der Waals surface area contributed by atoms with Gasteiger partial charge in [-0.1, -0.05) is 12.1 Å². The lowest BCUT2D eigenvalue weighted by atomic mass is 10.0. The van der Waals surface area contributed by atoms with Gasteiger partial charge in [0.2, 0.25) is 11.8 Å². The first-order valence-electron chi connectivity index (χ1n) is 9.39. The van der Waals surface area contributed by atoms with Crippen LogP contribution in [0.2, 0.25) is 0 Å². The molecule has 0 spiro atoms. The molecule has 0 radical (unpaired) electrons. The minimum absolute atomic E-state index is 0.0174. The van der Waals surface area contributed by atoms with Gasteiger partial charge in [0.05, 0.1) is 26.7 Å². The van der Waals surface area contributed by atoms with Crippen molar-refractivity contribution in [2.45, 2.75) is 32.2 Å². The molecule has 0 bridgehead atoms. The Hall–Kier alpha value is -3.02. The van der Waals surface area contributed by atoms with E-state index < -0.39 is 0 Å². The largest absolute Gasteiger partial charge is 0.497 e. The van der Waals surface area contributed by atoms with Crippen LogP contribution in [0.3, 0.4) is 0 Å². The summed E-state index contributed by atoms with van der Waals surface area (Å²) >= 11 is 0. The number of benzene rings is 2. The first-order valence-corrected chi connectivity index (χ1v) is 9.39. The molecule has 1 fully saturated rings. The summed E-state index contributed by atoms with van der Waals surface area (Å²) in [5, 5.41) is 2.73. The number of carbonyl (C=O) groups is 2. The van der Waals surface area contributed by atoms with E-state index in [4.69, 9.17) is 9.47 Å². The number of amides is 2. The second-order valence-electron chi connectivity index (χ2n) is 6.91. The lowest BCUT2D eigenvalue weighted by Gasteiger charge is -2.27. The third kappa shape index (κ3) is 4.44. The van der Waals surface area contributed by atoms with Crippen LogP contribution in [0, 0.1) is 0 Å². The highest BCUT2D eigenvalue weighted by Gasteiger charge is 2.32. The highest BCUT2D eigenvalue weighted by molar-refractivity contribution is 5.88. The van der Waals surface area contributed by atoms with Gasteiger partial charge >= 0.3 is 0 Å². The molecule has 1 atom stereocenters. The van der Waals surface area contributed by atoms with Gasteiger partial charge in [-0.15, -0.1) is 0 Å². The van der Waals surface area contributed by atoms with Crippen molar-refractivity contribution >= 4 is 17.5 Å². The molecule has 0 aliphatic carbocycles. The quantitative estimate of drug-likeness (QED) is 0.829. The molecule has 2 aromatic carbocycles. The highest BCUT2D eigenvalue weighted by atomic mass is 16.5. The van der Waals surface area contributed by atoms with Gasteiger partial charge in [0.15, 0.2) is 0 Å². The lowest BCUT2D eigenvalue weighted by Crippen LogP contribution is -2.32. The van der Waals surface area contributed by atoms with Gasteiger partial charge in [-0.25, -0.2) is 0 Å². The fourth-order valence-electron chi connectivity index (χ4n) is 3.67. The van der Waals surface area contributed by atoms with Gasteiger partial charge in [0, 0.05) is 24.7 Å². The number of carbonyl (C=O) groups excluding carboxylic acids is 2. The summed E-state index contributed by atoms with van der Waals surface area (Å²) in [5.74, 6) is 1.49. The maximum Gasteiger partial charge on any atom is 0.227 e. The number of hydrogen-bond acceptors (Lipinski definition) is 4. The van der Waals surface area contributed by atoms with Crippen LogP contribution in [0.4, 0.5) is 5.69 Å². The molecule has 148 valence electrons. The van der Waals surface area contributed by atoms with Gasteiger partial charge in [-0.3, -0.25) is 9.59 Å². The molecular weight excluding hydrogens is 356 g/mol. The molecule has 1 aliphatic heterocycles. The number of hydrogen-bond donors (Lipinski definition) is 1. The Bertz CT molecular complexity index is 848. The summed E-state index contributed by atoms with van der Waals surface area (Å²) in [4.78, 5) is 26.1. The first kappa shape index (κ1) is 19.7. The van der Waals surface area contributed by atoms with Crippen LogP contribution < -0.4 is 14.8 Å². The molecule has 0 saturated carbocycles. The Kier molecular flexibility index (Phi) is 6.19. The minimum Gasteiger partial charge on any atom is -0.497 e. The molecule has 2 aromatic rings. The maximum atomic E-state index is 13.0. The zero-order chi connectivity index (χ0) is 20.1. The summed E-state index contributed by atoms with van der Waals surface area (Å²) < 4.78 is 10.9. The van der Waals surface area contributed by atoms with Gasteiger partial charge in [0.1, 0.15) is 11.5 Å². The Morgan fingerprint density at radius 1 is 1.11 bits per heavy atom. The van der Waals surface area contributed by atoms with E-state index in [1.165, 1.54) is 6.92 Å². The number of nitrogens with one attached hydrogen (secondary N) is 1. The molecule has 1 heterocycles. The van der Waals surface area contributed by atoms with E-state index >= 15 is 0 Å². The lowest BCUT2D eigenvalue weighted by molar-refractivity contribution is -0.131. The third-order valence-electron chi connectivity index (χ3n) is 5.00. The molecule has 1 N–H and O–H groups in total. The molecule has 1 unspecified atom stereocenters. The fraction of sp³-hybridized carbons (Fsp3) is 0.364. The highest BCUT2D eigenvalue weighted by Crippen LogP contribution is 2.39. The van der Waals surface area contributed by atoms with Gasteiger partial charge in [-0.2, -0.15) is 0 Å². The number of rotatable bonds is 6. The minimum atomic E-state index is -0.115. The predicted molar refractivity (Wildman–Crippen MR) is 108 cm³/mol. The number of nitrogens with zero attached hydrogens (tertiary/aromatic N) is 1. The number of ether oxygens (including phenoxy) is 2. The van der Waals surface area contributed by atoms with Crippen molar-refractivity contribution < 1.29 is 19.1 Å². The molecule has 0 aromatic heterocycles. The van der Waals surface area contributed by atoms with Gasteiger partial charge < -0.3 is 19.7 Å². The topological polar surface area (TPSA) is 67.9 Å². The van der Waals surface area contributed by atoms with Gasteiger partial charge in [-0.05, 0) is 48.7 Å². The first-order chi connectivity index (χ1) is 13.5. The zero-order valence-corrected chi connectivity index (χ0v) is 16.5. The van der Waals surface area contributed by atoms with Crippen molar-refractivity contribution in [2.75, 3.05) is 26.1 Å². The van der Waals surface area contributed by atoms with E-state index in [9.17, 15) is 9.59 Å². The molecule has 6 nitrogen and oxygen atoms in total. The number of methoxy groups -OCH3 is 2. The molecule has 3 rings (SSSR count). The van der Waals surface area contributed by atoms with Crippen LogP contribution in [0.25, 0.3) is 0 Å². The van der Waals surface area contributed by atoms with Crippen LogP contribution in [-0.2, 0) is 16.0 Å². The fourth-order valence-corrected chi connectivity index (χ4v) is 3.67. The molecule has 1 aliphatic rings. The van der Waals surface area contributed by atoms with Crippen molar-refractivity contribution in [1.29, 1.82) is 0 Å². The van der Waals surface area contributed by atoms with Crippen molar-refractivity contribution in [3.05, 3.63) is 53.6 Å². The van der Waals surface area contributed by atoms with Crippen molar-refractivity contribution in [3.63, 3.8) is 0 Å². The predicted octanol–water partition coefficient (Wildman–Crippen LogP) is 3.57. The van der Waals surface area contributed by atoms with Crippen molar-refractivity contribution in [2.24, 2.45) is 0 Å². The monoisotopic (exact) mass is 382 g/mol. The summed E-state index contributed by atoms with van der Waals surface area (Å²) in [6, 6.07) is 13.1. The second-order valence-corrected chi connectivity index (χ2v) is 6.91. The number of likely N-dealkylation sites (tertiary alicyclic amines) is 1. The smallest absolute Gasteiger partial charge is 0.227 e. The summed E-state index contributed by atoms with van der Waals surface area (Å²) in [6.07, 6.45) is 2.18. The molecule has 1 saturated heterocycles. The van der Waals surface area contributed by atoms with Gasteiger partial charge in [0.25, 0.3) is 0 Å². The molecular formula is C22H26N2O4. The van der Waals surface area contributed by atoms with Crippen LogP contribution >= 0.6 is 0 Å². The van der Waals surface area contributed by atoms with E-state index in [1.807, 2.05) is 47.4 Å². The number of anilines is 1. The molecule has 28 heavy (non-hydrogen) atoms. The Labute approximate surface area is 165 Å². The summed E-state index contributed by atoms with van der Waals surface area (Å²) in [6.45, 7) is 2.20. The van der Waals surface area contributed by atoms with E-state index in [-0.39, 0.29) is 17.9 Å². The normalized spacial score (nSPS) is 16.0. The van der Waals surface area contributed by atoms with E-state index in [0.29, 0.717) is 6.42 Å². The maximum absolute atomic E-state index is 13.0. The van der Waals surface area contributed by atoms with Crippen molar-refractivity contribution in [1.82, 2.24) is 4.90 Å². The Morgan fingerprint density at radius 2 is 1.86 bits per heavy atom. The molecule has 6 heteroatoms. The van der Waals surface area contributed by atoms with Crippen LogP contribution in [0.5, 0.6) is 11.5 Å². The van der Waals surface area contributed by atoms with Crippen LogP contribution in [0.1, 0.15) is 36.9 Å².